The first kappa shape index (κ1) is 21.8. The molecule has 3 aromatic carbocycles. The monoisotopic (exact) mass is 447 g/mol. The Kier molecular flexibility index (Phi) is 5.97. The number of benzene rings is 3. The molecule has 0 saturated heterocycles. The number of sulfonamides is 1. The third-order valence-electron chi connectivity index (χ3n) is 4.28. The molecule has 31 heavy (non-hydrogen) atoms. The van der Waals surface area contributed by atoms with E-state index in [-0.39, 0.29) is 27.4 Å². The van der Waals surface area contributed by atoms with E-state index in [1.54, 1.807) is 0 Å². The van der Waals surface area contributed by atoms with Gasteiger partial charge in [-0.05, 0) is 55.5 Å². The molecule has 1 amide bonds. The molecule has 0 radical (unpaired) electrons. The standard InChI is InChI=1S/C20H15F2N3O5S/c1-12-18(22)9-13(10-19(12)25(27)28)20(26)23-15-5-7-17(8-6-15)31(29,30)24-16-4-2-3-14(21)11-16/h2-11,24H,1H3,(H,23,26). The molecule has 0 fully saturated rings. The van der Waals surface area contributed by atoms with Gasteiger partial charge < -0.3 is 5.32 Å². The molecule has 8 nitrogen and oxygen atoms in total. The van der Waals surface area contributed by atoms with Crippen LogP contribution in [0.15, 0.2) is 65.6 Å². The van der Waals surface area contributed by atoms with Crippen molar-refractivity contribution in [3.05, 3.63) is 93.5 Å². The smallest absolute Gasteiger partial charge is 0.276 e. The molecule has 0 bridgehead atoms. The van der Waals surface area contributed by atoms with Gasteiger partial charge in [-0.25, -0.2) is 17.2 Å². The quantitative estimate of drug-likeness (QED) is 0.433. The number of carbonyl (C=O) groups is 1. The topological polar surface area (TPSA) is 118 Å². The number of hydrogen-bond acceptors (Lipinski definition) is 5. The van der Waals surface area contributed by atoms with E-state index in [0.717, 1.165) is 18.2 Å². The van der Waals surface area contributed by atoms with Crippen molar-refractivity contribution in [2.45, 2.75) is 11.8 Å². The molecule has 3 rings (SSSR count). The van der Waals surface area contributed by atoms with Crippen molar-refractivity contribution >= 4 is 33.0 Å². The van der Waals surface area contributed by atoms with Crippen LogP contribution in [0.5, 0.6) is 0 Å². The Labute approximate surface area is 175 Å². The summed E-state index contributed by atoms with van der Waals surface area (Å²) in [4.78, 5) is 22.4. The highest BCUT2D eigenvalue weighted by atomic mass is 32.2. The van der Waals surface area contributed by atoms with E-state index in [1.807, 2.05) is 0 Å². The minimum atomic E-state index is -4.01. The number of halogens is 2. The Bertz CT molecular complexity index is 1280. The first-order valence-electron chi connectivity index (χ1n) is 8.71. The highest BCUT2D eigenvalue weighted by molar-refractivity contribution is 7.92. The molecular weight excluding hydrogens is 432 g/mol. The van der Waals surface area contributed by atoms with Crippen LogP contribution in [0.1, 0.15) is 15.9 Å². The molecule has 0 aliphatic rings. The fourth-order valence-corrected chi connectivity index (χ4v) is 3.72. The molecule has 0 aliphatic heterocycles. The number of hydrogen-bond donors (Lipinski definition) is 2. The van der Waals surface area contributed by atoms with Gasteiger partial charge in [0.25, 0.3) is 21.6 Å². The SMILES string of the molecule is Cc1c(F)cc(C(=O)Nc2ccc(S(=O)(=O)Nc3cccc(F)c3)cc2)cc1[N+](=O)[O-]. The Morgan fingerprint density at radius 3 is 2.29 bits per heavy atom. The summed E-state index contributed by atoms with van der Waals surface area (Å²) in [5.41, 5.74) is -0.769. The Morgan fingerprint density at radius 2 is 1.68 bits per heavy atom. The van der Waals surface area contributed by atoms with E-state index in [0.29, 0.717) is 0 Å². The van der Waals surface area contributed by atoms with Gasteiger partial charge in [0, 0.05) is 17.3 Å². The summed E-state index contributed by atoms with van der Waals surface area (Å²) in [6, 6.07) is 11.7. The van der Waals surface area contributed by atoms with Gasteiger partial charge in [0.1, 0.15) is 11.6 Å². The lowest BCUT2D eigenvalue weighted by molar-refractivity contribution is -0.385. The summed E-state index contributed by atoms with van der Waals surface area (Å²) < 4.78 is 54.2. The molecule has 0 heterocycles. The highest BCUT2D eigenvalue weighted by Crippen LogP contribution is 2.24. The Balaban J connectivity index is 1.78. The molecule has 0 atom stereocenters. The fraction of sp³-hybridized carbons (Fsp3) is 0.0500. The maximum atomic E-state index is 13.9. The van der Waals surface area contributed by atoms with Gasteiger partial charge in [-0.2, -0.15) is 0 Å². The number of nitrogens with zero attached hydrogens (tertiary/aromatic N) is 1. The van der Waals surface area contributed by atoms with E-state index < -0.39 is 38.2 Å². The molecule has 0 saturated carbocycles. The zero-order valence-electron chi connectivity index (χ0n) is 15.9. The molecule has 2 N–H and O–H groups in total. The van der Waals surface area contributed by atoms with E-state index in [9.17, 15) is 32.1 Å². The van der Waals surface area contributed by atoms with Gasteiger partial charge in [0.15, 0.2) is 0 Å². The van der Waals surface area contributed by atoms with Crippen molar-refractivity contribution in [1.29, 1.82) is 0 Å². The van der Waals surface area contributed by atoms with Gasteiger partial charge >= 0.3 is 0 Å². The third kappa shape index (κ3) is 5.01. The van der Waals surface area contributed by atoms with Crippen LogP contribution < -0.4 is 10.0 Å². The number of rotatable bonds is 6. The maximum absolute atomic E-state index is 13.9. The molecule has 0 aliphatic carbocycles. The van der Waals surface area contributed by atoms with Gasteiger partial charge in [0.05, 0.1) is 21.1 Å². The van der Waals surface area contributed by atoms with Crippen LogP contribution in [0.3, 0.4) is 0 Å². The van der Waals surface area contributed by atoms with Crippen LogP contribution in [-0.2, 0) is 10.0 Å². The summed E-state index contributed by atoms with van der Waals surface area (Å²) in [6.07, 6.45) is 0. The second-order valence-electron chi connectivity index (χ2n) is 6.45. The maximum Gasteiger partial charge on any atom is 0.276 e. The summed E-state index contributed by atoms with van der Waals surface area (Å²) >= 11 is 0. The van der Waals surface area contributed by atoms with Crippen LogP contribution in [0.2, 0.25) is 0 Å². The minimum absolute atomic E-state index is 0.0420. The van der Waals surface area contributed by atoms with Crippen LogP contribution in [0.4, 0.5) is 25.8 Å². The van der Waals surface area contributed by atoms with Crippen molar-refractivity contribution in [3.8, 4) is 0 Å². The minimum Gasteiger partial charge on any atom is -0.322 e. The lowest BCUT2D eigenvalue weighted by Gasteiger charge is -2.10. The summed E-state index contributed by atoms with van der Waals surface area (Å²) in [5.74, 6) is -2.31. The summed E-state index contributed by atoms with van der Waals surface area (Å²) in [7, 11) is -4.01. The van der Waals surface area contributed by atoms with Crippen LogP contribution in [0.25, 0.3) is 0 Å². The molecule has 160 valence electrons. The van der Waals surface area contributed by atoms with Gasteiger partial charge in [-0.15, -0.1) is 0 Å². The van der Waals surface area contributed by atoms with E-state index >= 15 is 0 Å². The van der Waals surface area contributed by atoms with Crippen molar-refractivity contribution < 1.29 is 26.9 Å². The van der Waals surface area contributed by atoms with E-state index in [4.69, 9.17) is 0 Å². The fourth-order valence-electron chi connectivity index (χ4n) is 2.67. The number of amides is 1. The lowest BCUT2D eigenvalue weighted by Crippen LogP contribution is -2.15. The summed E-state index contributed by atoms with van der Waals surface area (Å²) in [6.45, 7) is 1.23. The number of nitro benzene ring substituents is 1. The number of nitrogens with one attached hydrogen (secondary N) is 2. The molecule has 3 aromatic rings. The van der Waals surface area contributed by atoms with E-state index in [2.05, 4.69) is 10.0 Å². The normalized spacial score (nSPS) is 11.1. The first-order chi connectivity index (χ1) is 14.6. The second kappa shape index (κ2) is 8.48. The van der Waals surface area contributed by atoms with Gasteiger partial charge in [-0.1, -0.05) is 6.07 Å². The van der Waals surface area contributed by atoms with Crippen molar-refractivity contribution in [3.63, 3.8) is 0 Å². The van der Waals surface area contributed by atoms with E-state index in [1.165, 1.54) is 49.4 Å². The van der Waals surface area contributed by atoms with Gasteiger partial charge in [0.2, 0.25) is 0 Å². The number of carbonyl (C=O) groups excluding carboxylic acids is 1. The second-order valence-corrected chi connectivity index (χ2v) is 8.14. The number of anilines is 2. The lowest BCUT2D eigenvalue weighted by atomic mass is 10.1. The molecule has 11 heteroatoms. The van der Waals surface area contributed by atoms with Gasteiger partial charge in [-0.3, -0.25) is 19.6 Å². The average molecular weight is 447 g/mol. The highest BCUT2D eigenvalue weighted by Gasteiger charge is 2.20. The van der Waals surface area contributed by atoms with Crippen LogP contribution in [0, 0.1) is 28.7 Å². The zero-order valence-corrected chi connectivity index (χ0v) is 16.7. The molecule has 0 unspecified atom stereocenters. The van der Waals surface area contributed by atoms with Crippen molar-refractivity contribution in [1.82, 2.24) is 0 Å². The third-order valence-corrected chi connectivity index (χ3v) is 5.67. The Hall–Kier alpha value is -3.86. The molecule has 0 aromatic heterocycles. The molecular formula is C20H15F2N3O5S. The largest absolute Gasteiger partial charge is 0.322 e. The van der Waals surface area contributed by atoms with Crippen LogP contribution in [-0.4, -0.2) is 19.2 Å². The molecule has 0 spiro atoms. The van der Waals surface area contributed by atoms with Crippen molar-refractivity contribution in [2.75, 3.05) is 10.0 Å². The Morgan fingerprint density at radius 1 is 1.00 bits per heavy atom. The zero-order chi connectivity index (χ0) is 22.8. The summed E-state index contributed by atoms with van der Waals surface area (Å²) in [5, 5.41) is 13.4. The van der Waals surface area contributed by atoms with Crippen LogP contribution >= 0.6 is 0 Å². The number of nitro groups is 1. The predicted octanol–water partition coefficient (Wildman–Crippen LogP) is 4.23. The van der Waals surface area contributed by atoms with Crippen molar-refractivity contribution in [2.24, 2.45) is 0 Å². The average Bonchev–Trinajstić information content (AvgIpc) is 2.69. The first-order valence-corrected chi connectivity index (χ1v) is 10.2. The predicted molar refractivity (Wildman–Crippen MR) is 109 cm³/mol.